The predicted octanol–water partition coefficient (Wildman–Crippen LogP) is 9.04. The average molecular weight is 517 g/mol. The van der Waals surface area contributed by atoms with Gasteiger partial charge in [-0.2, -0.15) is 0 Å². The molecule has 0 saturated carbocycles. The second-order valence-electron chi connectivity index (χ2n) is 9.92. The Labute approximate surface area is 227 Å². The van der Waals surface area contributed by atoms with Crippen LogP contribution in [0.5, 0.6) is 0 Å². The smallest absolute Gasteiger partial charge is 0.138 e. The Morgan fingerprint density at radius 2 is 0.744 bits per heavy atom. The van der Waals surface area contributed by atoms with E-state index in [1.54, 1.807) is 11.3 Å². The number of pyridine rings is 2. The van der Waals surface area contributed by atoms with Gasteiger partial charge in [0.1, 0.15) is 11.6 Å². The number of nitrogens with zero attached hydrogens (tertiary/aromatic N) is 4. The van der Waals surface area contributed by atoms with Gasteiger partial charge in [0.05, 0.1) is 31.5 Å². The van der Waals surface area contributed by atoms with Gasteiger partial charge in [0.2, 0.25) is 0 Å². The number of fused-ring (bicyclic) bond motifs is 9. The summed E-state index contributed by atoms with van der Waals surface area (Å²) in [4.78, 5) is 9.89. The Morgan fingerprint density at radius 1 is 0.410 bits per heavy atom. The molecule has 0 aliphatic heterocycles. The summed E-state index contributed by atoms with van der Waals surface area (Å²) >= 11 is 1.74. The third-order valence-electron chi connectivity index (χ3n) is 7.83. The van der Waals surface area contributed by atoms with Crippen LogP contribution in [-0.4, -0.2) is 19.1 Å². The predicted molar refractivity (Wildman–Crippen MR) is 164 cm³/mol. The van der Waals surface area contributed by atoms with Crippen LogP contribution in [0.3, 0.4) is 0 Å². The standard InChI is InChI=1S/C34H20N4S/c1-5-13-27-21(9-1)22-10-2-6-14-28(22)37(27)33-17-25-26-18-34(36-20-32(26)39-31(25)19-35-33)38-29-15-7-3-11-23(29)24-12-4-8-16-30(24)38/h1-20H. The Hall–Kier alpha value is -5.00. The summed E-state index contributed by atoms with van der Waals surface area (Å²) in [6, 6.07) is 38.8. The molecule has 0 aliphatic rings. The largest absolute Gasteiger partial charge is 0.294 e. The summed E-state index contributed by atoms with van der Waals surface area (Å²) < 4.78 is 6.89. The molecule has 0 radical (unpaired) electrons. The monoisotopic (exact) mass is 516 g/mol. The molecule has 0 spiro atoms. The molecular formula is C34H20N4S. The Balaban J connectivity index is 1.32. The van der Waals surface area contributed by atoms with Crippen molar-refractivity contribution in [2.24, 2.45) is 0 Å². The third kappa shape index (κ3) is 2.88. The minimum Gasteiger partial charge on any atom is -0.294 e. The van der Waals surface area contributed by atoms with E-state index in [9.17, 15) is 0 Å². The molecule has 5 heterocycles. The van der Waals surface area contributed by atoms with Crippen LogP contribution < -0.4 is 0 Å². The molecular weight excluding hydrogens is 496 g/mol. The van der Waals surface area contributed by atoms with Gasteiger partial charge in [-0.05, 0) is 36.4 Å². The van der Waals surface area contributed by atoms with Crippen LogP contribution in [-0.2, 0) is 0 Å². The molecule has 0 N–H and O–H groups in total. The van der Waals surface area contributed by atoms with E-state index < -0.39 is 0 Å². The van der Waals surface area contributed by atoms with Crippen molar-refractivity contribution in [1.29, 1.82) is 0 Å². The number of rotatable bonds is 2. The summed E-state index contributed by atoms with van der Waals surface area (Å²) in [5.74, 6) is 1.85. The van der Waals surface area contributed by atoms with E-state index in [2.05, 4.69) is 118 Å². The van der Waals surface area contributed by atoms with Gasteiger partial charge in [-0.3, -0.25) is 9.13 Å². The quantitative estimate of drug-likeness (QED) is 0.230. The van der Waals surface area contributed by atoms with Crippen LogP contribution >= 0.6 is 11.3 Å². The van der Waals surface area contributed by atoms with E-state index in [1.165, 1.54) is 32.3 Å². The average Bonchev–Trinajstić information content (AvgIpc) is 3.64. The molecule has 9 aromatic rings. The Morgan fingerprint density at radius 3 is 1.10 bits per heavy atom. The maximum absolute atomic E-state index is 4.95. The highest BCUT2D eigenvalue weighted by atomic mass is 32.1. The van der Waals surface area contributed by atoms with E-state index in [1.807, 2.05) is 12.4 Å². The highest BCUT2D eigenvalue weighted by molar-refractivity contribution is 7.25. The Bertz CT molecular complexity index is 2130. The number of aromatic nitrogens is 4. The minimum atomic E-state index is 0.926. The van der Waals surface area contributed by atoms with Crippen molar-refractivity contribution < 1.29 is 0 Å². The second-order valence-corrected chi connectivity index (χ2v) is 11.0. The molecule has 39 heavy (non-hydrogen) atoms. The highest BCUT2D eigenvalue weighted by Gasteiger charge is 2.17. The van der Waals surface area contributed by atoms with Crippen LogP contribution in [0.4, 0.5) is 0 Å². The van der Waals surface area contributed by atoms with Gasteiger partial charge < -0.3 is 0 Å². The van der Waals surface area contributed by atoms with Gasteiger partial charge in [-0.15, -0.1) is 11.3 Å². The fraction of sp³-hybridized carbons (Fsp3) is 0. The lowest BCUT2D eigenvalue weighted by Gasteiger charge is -2.08. The van der Waals surface area contributed by atoms with Crippen LogP contribution in [0.15, 0.2) is 122 Å². The van der Waals surface area contributed by atoms with Gasteiger partial charge in [-0.1, -0.05) is 72.8 Å². The van der Waals surface area contributed by atoms with Crippen molar-refractivity contribution in [2.45, 2.75) is 0 Å². The second kappa shape index (κ2) is 7.76. The lowest BCUT2D eigenvalue weighted by Crippen LogP contribution is -1.97. The van der Waals surface area contributed by atoms with E-state index in [4.69, 9.17) is 9.97 Å². The van der Waals surface area contributed by atoms with Gasteiger partial charge in [-0.25, -0.2) is 9.97 Å². The number of benzene rings is 4. The summed E-state index contributed by atoms with van der Waals surface area (Å²) in [6.45, 7) is 0. The van der Waals surface area contributed by atoms with Crippen molar-refractivity contribution in [3.63, 3.8) is 0 Å². The van der Waals surface area contributed by atoms with E-state index in [0.29, 0.717) is 0 Å². The first-order chi connectivity index (χ1) is 19.3. The van der Waals surface area contributed by atoms with Gasteiger partial charge in [0.15, 0.2) is 0 Å². The normalized spacial score (nSPS) is 12.1. The molecule has 0 bridgehead atoms. The van der Waals surface area contributed by atoms with E-state index >= 15 is 0 Å². The van der Waals surface area contributed by atoms with Crippen molar-refractivity contribution in [3.8, 4) is 11.6 Å². The van der Waals surface area contributed by atoms with Gasteiger partial charge in [0.25, 0.3) is 0 Å². The maximum Gasteiger partial charge on any atom is 0.138 e. The number of para-hydroxylation sites is 4. The topological polar surface area (TPSA) is 35.6 Å². The molecule has 5 heteroatoms. The molecule has 4 nitrogen and oxygen atoms in total. The molecule has 182 valence electrons. The number of hydrogen-bond donors (Lipinski definition) is 0. The summed E-state index contributed by atoms with van der Waals surface area (Å²) in [6.07, 6.45) is 4.03. The molecule has 0 atom stereocenters. The molecule has 0 aliphatic carbocycles. The zero-order valence-corrected chi connectivity index (χ0v) is 21.6. The maximum atomic E-state index is 4.95. The van der Waals surface area contributed by atoms with Gasteiger partial charge >= 0.3 is 0 Å². The molecule has 0 fully saturated rings. The zero-order valence-electron chi connectivity index (χ0n) is 20.7. The molecule has 0 amide bonds. The lowest BCUT2D eigenvalue weighted by molar-refractivity contribution is 1.09. The van der Waals surface area contributed by atoms with Crippen LogP contribution in [0.25, 0.3) is 75.4 Å². The van der Waals surface area contributed by atoms with Crippen molar-refractivity contribution in [1.82, 2.24) is 19.1 Å². The molecule has 0 unspecified atom stereocenters. The first-order valence-electron chi connectivity index (χ1n) is 13.0. The molecule has 4 aromatic carbocycles. The molecule has 9 rings (SSSR count). The zero-order chi connectivity index (χ0) is 25.5. The molecule has 5 aromatic heterocycles. The van der Waals surface area contributed by atoms with E-state index in [0.717, 1.165) is 43.1 Å². The summed E-state index contributed by atoms with van der Waals surface area (Å²) in [5, 5.41) is 7.36. The van der Waals surface area contributed by atoms with Crippen LogP contribution in [0.1, 0.15) is 0 Å². The summed E-state index contributed by atoms with van der Waals surface area (Å²) in [5.41, 5.74) is 4.66. The van der Waals surface area contributed by atoms with Crippen molar-refractivity contribution in [3.05, 3.63) is 122 Å². The highest BCUT2D eigenvalue weighted by Crippen LogP contribution is 2.38. The Kier molecular flexibility index (Phi) is 4.18. The van der Waals surface area contributed by atoms with Crippen molar-refractivity contribution >= 4 is 75.1 Å². The number of hydrogen-bond acceptors (Lipinski definition) is 3. The SMILES string of the molecule is c1ccc2c(c1)c1ccccc1n2-c1cc2c(cn1)sc1cnc(-n3c4ccccc4c4ccccc43)cc12. The lowest BCUT2D eigenvalue weighted by atomic mass is 10.2. The fourth-order valence-electron chi connectivity index (χ4n) is 6.15. The first-order valence-corrected chi connectivity index (χ1v) is 13.8. The fourth-order valence-corrected chi connectivity index (χ4v) is 7.15. The minimum absolute atomic E-state index is 0.926. The first kappa shape index (κ1) is 21.0. The number of thiophene rings is 1. The van der Waals surface area contributed by atoms with Crippen LogP contribution in [0.2, 0.25) is 0 Å². The van der Waals surface area contributed by atoms with Gasteiger partial charge in [0, 0.05) is 44.7 Å². The van der Waals surface area contributed by atoms with Crippen molar-refractivity contribution in [2.75, 3.05) is 0 Å². The van der Waals surface area contributed by atoms with E-state index in [-0.39, 0.29) is 0 Å². The third-order valence-corrected chi connectivity index (χ3v) is 8.92. The molecule has 0 saturated heterocycles. The summed E-state index contributed by atoms with van der Waals surface area (Å²) in [7, 11) is 0. The van der Waals surface area contributed by atoms with Crippen LogP contribution in [0, 0.1) is 0 Å².